The molecule has 112 valence electrons. The predicted molar refractivity (Wildman–Crippen MR) is 71.0 cm³/mol. The van der Waals surface area contributed by atoms with Gasteiger partial charge in [-0.25, -0.2) is 18.3 Å². The molecule has 1 N–H and O–H groups in total. The van der Waals surface area contributed by atoms with E-state index in [1.807, 2.05) is 6.92 Å². The van der Waals surface area contributed by atoms with Gasteiger partial charge in [0.1, 0.15) is 11.3 Å². The zero-order valence-corrected chi connectivity index (χ0v) is 11.6. The van der Waals surface area contributed by atoms with E-state index in [9.17, 15) is 13.6 Å². The molecule has 1 heterocycles. The molecule has 0 spiro atoms. The molecule has 0 bridgehead atoms. The minimum absolute atomic E-state index is 0.0209. The lowest BCUT2D eigenvalue weighted by atomic mass is 10.1. The molecule has 5 nitrogen and oxygen atoms in total. The Hall–Kier alpha value is -2.44. The maximum absolute atomic E-state index is 14.1. The van der Waals surface area contributed by atoms with Gasteiger partial charge in [0.25, 0.3) is 0 Å². The second-order valence-electron chi connectivity index (χ2n) is 4.41. The lowest BCUT2D eigenvalue weighted by molar-refractivity contribution is 0.0695. The fourth-order valence-electron chi connectivity index (χ4n) is 2.07. The maximum atomic E-state index is 14.1. The zero-order chi connectivity index (χ0) is 15.6. The van der Waals surface area contributed by atoms with E-state index in [-0.39, 0.29) is 17.0 Å². The van der Waals surface area contributed by atoms with Crippen molar-refractivity contribution in [3.05, 3.63) is 41.2 Å². The Morgan fingerprint density at radius 3 is 2.67 bits per heavy atom. The van der Waals surface area contributed by atoms with Gasteiger partial charge in [-0.2, -0.15) is 5.10 Å². The van der Waals surface area contributed by atoms with E-state index in [0.717, 1.165) is 23.0 Å². The van der Waals surface area contributed by atoms with Crippen molar-refractivity contribution in [2.45, 2.75) is 19.8 Å². The third-order valence-corrected chi connectivity index (χ3v) is 3.04. The Labute approximate surface area is 119 Å². The first-order chi connectivity index (χ1) is 9.99. The topological polar surface area (TPSA) is 64.3 Å². The summed E-state index contributed by atoms with van der Waals surface area (Å²) in [6.45, 7) is 1.86. The van der Waals surface area contributed by atoms with Gasteiger partial charge in [-0.3, -0.25) is 0 Å². The monoisotopic (exact) mass is 296 g/mol. The summed E-state index contributed by atoms with van der Waals surface area (Å²) in [4.78, 5) is 11.2. The molecule has 0 aliphatic rings. The molecule has 0 atom stereocenters. The number of hydrogen-bond acceptors (Lipinski definition) is 3. The number of carboxylic acids is 1. The van der Waals surface area contributed by atoms with Crippen LogP contribution in [0.3, 0.4) is 0 Å². The maximum Gasteiger partial charge on any atom is 0.339 e. The molecule has 0 saturated carbocycles. The number of aromatic carboxylic acids is 1. The molecule has 0 aliphatic heterocycles. The minimum Gasteiger partial charge on any atom is -0.494 e. The number of carbonyl (C=O) groups is 1. The van der Waals surface area contributed by atoms with Crippen LogP contribution in [0.25, 0.3) is 5.69 Å². The number of carboxylic acid groups (broad SMARTS) is 1. The standard InChI is InChI=1S/C14H14F2N2O3/c1-3-4-11-8(14(19)20)7-17-18(11)12-5-10(16)13(21-2)6-9(12)15/h5-7H,3-4H2,1-2H3,(H,19,20). The molecular formula is C14H14F2N2O3. The highest BCUT2D eigenvalue weighted by Gasteiger charge is 2.20. The summed E-state index contributed by atoms with van der Waals surface area (Å²) in [5.41, 5.74) is 0.158. The third kappa shape index (κ3) is 2.72. The minimum atomic E-state index is -1.15. The summed E-state index contributed by atoms with van der Waals surface area (Å²) in [5.74, 6) is -2.87. The van der Waals surface area contributed by atoms with Crippen LogP contribution in [0.2, 0.25) is 0 Å². The molecule has 2 rings (SSSR count). The number of hydrogen-bond donors (Lipinski definition) is 1. The van der Waals surface area contributed by atoms with Crippen molar-refractivity contribution in [3.8, 4) is 11.4 Å². The first-order valence-corrected chi connectivity index (χ1v) is 6.33. The van der Waals surface area contributed by atoms with Gasteiger partial charge in [-0.05, 0) is 6.42 Å². The van der Waals surface area contributed by atoms with Gasteiger partial charge >= 0.3 is 5.97 Å². The summed E-state index contributed by atoms with van der Waals surface area (Å²) >= 11 is 0. The van der Waals surface area contributed by atoms with Gasteiger partial charge in [0.05, 0.1) is 19.0 Å². The van der Waals surface area contributed by atoms with Gasteiger partial charge in [0, 0.05) is 12.1 Å². The van der Waals surface area contributed by atoms with Crippen LogP contribution in [0.5, 0.6) is 5.75 Å². The molecule has 0 amide bonds. The molecule has 7 heteroatoms. The van der Waals surface area contributed by atoms with Crippen LogP contribution in [0, 0.1) is 11.6 Å². The second-order valence-corrected chi connectivity index (χ2v) is 4.41. The summed E-state index contributed by atoms with van der Waals surface area (Å²) in [6.07, 6.45) is 2.16. The molecule has 2 aromatic rings. The average molecular weight is 296 g/mol. The molecule has 0 saturated heterocycles. The van der Waals surface area contributed by atoms with Crippen molar-refractivity contribution in [3.63, 3.8) is 0 Å². The first-order valence-electron chi connectivity index (χ1n) is 6.33. The molecule has 0 radical (unpaired) electrons. The quantitative estimate of drug-likeness (QED) is 0.921. The van der Waals surface area contributed by atoms with Gasteiger partial charge in [0.2, 0.25) is 0 Å². The van der Waals surface area contributed by atoms with Crippen LogP contribution in [0.4, 0.5) is 8.78 Å². The van der Waals surface area contributed by atoms with Crippen LogP contribution in [-0.2, 0) is 6.42 Å². The zero-order valence-electron chi connectivity index (χ0n) is 11.6. The molecule has 21 heavy (non-hydrogen) atoms. The van der Waals surface area contributed by atoms with Gasteiger partial charge in [-0.1, -0.05) is 13.3 Å². The number of ether oxygens (including phenoxy) is 1. The Bertz CT molecular complexity index is 683. The molecule has 1 aromatic carbocycles. The van der Waals surface area contributed by atoms with E-state index < -0.39 is 17.6 Å². The number of halogens is 2. The number of aromatic nitrogens is 2. The number of rotatable bonds is 5. The number of nitrogens with zero attached hydrogens (tertiary/aromatic N) is 2. The van der Waals surface area contributed by atoms with E-state index in [1.165, 1.54) is 7.11 Å². The van der Waals surface area contributed by atoms with Crippen LogP contribution in [0.1, 0.15) is 29.4 Å². The van der Waals surface area contributed by atoms with Crippen LogP contribution >= 0.6 is 0 Å². The van der Waals surface area contributed by atoms with Crippen LogP contribution in [-0.4, -0.2) is 28.0 Å². The van der Waals surface area contributed by atoms with E-state index in [0.29, 0.717) is 18.5 Å². The van der Waals surface area contributed by atoms with Gasteiger partial charge in [-0.15, -0.1) is 0 Å². The lowest BCUT2D eigenvalue weighted by Crippen LogP contribution is -2.09. The second kappa shape index (κ2) is 5.90. The van der Waals surface area contributed by atoms with Crippen LogP contribution in [0.15, 0.2) is 18.3 Å². The van der Waals surface area contributed by atoms with Crippen molar-refractivity contribution in [2.75, 3.05) is 7.11 Å². The summed E-state index contributed by atoms with van der Waals surface area (Å²) in [6, 6.07) is 1.84. The van der Waals surface area contributed by atoms with E-state index >= 15 is 0 Å². The Balaban J connectivity index is 2.61. The van der Waals surface area contributed by atoms with Crippen molar-refractivity contribution in [2.24, 2.45) is 0 Å². The van der Waals surface area contributed by atoms with Gasteiger partial charge in [0.15, 0.2) is 17.4 Å². The Kier molecular flexibility index (Phi) is 4.21. The highest BCUT2D eigenvalue weighted by Crippen LogP contribution is 2.25. The van der Waals surface area contributed by atoms with Crippen molar-refractivity contribution >= 4 is 5.97 Å². The molecule has 1 aromatic heterocycles. The van der Waals surface area contributed by atoms with E-state index in [4.69, 9.17) is 9.84 Å². The predicted octanol–water partition coefficient (Wildman–Crippen LogP) is 2.81. The fraction of sp³-hybridized carbons (Fsp3) is 0.286. The van der Waals surface area contributed by atoms with Crippen molar-refractivity contribution < 1.29 is 23.4 Å². The normalized spacial score (nSPS) is 10.7. The summed E-state index contributed by atoms with van der Waals surface area (Å²) < 4.78 is 33.6. The molecular weight excluding hydrogens is 282 g/mol. The largest absolute Gasteiger partial charge is 0.494 e. The highest BCUT2D eigenvalue weighted by atomic mass is 19.1. The molecule has 0 unspecified atom stereocenters. The average Bonchev–Trinajstić information content (AvgIpc) is 2.85. The lowest BCUT2D eigenvalue weighted by Gasteiger charge is -2.10. The Morgan fingerprint density at radius 1 is 1.38 bits per heavy atom. The van der Waals surface area contributed by atoms with E-state index in [2.05, 4.69) is 5.10 Å². The molecule has 0 fully saturated rings. The van der Waals surface area contributed by atoms with Gasteiger partial charge < -0.3 is 9.84 Å². The Morgan fingerprint density at radius 2 is 2.10 bits per heavy atom. The molecule has 0 aliphatic carbocycles. The number of benzene rings is 1. The van der Waals surface area contributed by atoms with Crippen molar-refractivity contribution in [1.82, 2.24) is 9.78 Å². The van der Waals surface area contributed by atoms with Crippen molar-refractivity contribution in [1.29, 1.82) is 0 Å². The highest BCUT2D eigenvalue weighted by molar-refractivity contribution is 5.88. The SMILES string of the molecule is CCCc1c(C(=O)O)cnn1-c1cc(F)c(OC)cc1F. The summed E-state index contributed by atoms with van der Waals surface area (Å²) in [7, 11) is 1.23. The van der Waals surface area contributed by atoms with E-state index in [1.54, 1.807) is 0 Å². The van der Waals surface area contributed by atoms with Crippen LogP contribution < -0.4 is 4.74 Å². The first kappa shape index (κ1) is 15.0. The number of methoxy groups -OCH3 is 1. The third-order valence-electron chi connectivity index (χ3n) is 3.04. The fourth-order valence-corrected chi connectivity index (χ4v) is 2.07. The smallest absolute Gasteiger partial charge is 0.339 e. The summed E-state index contributed by atoms with van der Waals surface area (Å²) in [5, 5.41) is 13.0.